The molecule has 2 fully saturated rings. The molecule has 2 bridgehead atoms. The number of nitrogens with zero attached hydrogens (tertiary/aromatic N) is 1. The number of likely N-dealkylation sites (N-methyl/N-ethyl adjacent to an activating group) is 1. The summed E-state index contributed by atoms with van der Waals surface area (Å²) in [6.45, 7) is 13.0. The third kappa shape index (κ3) is 4.21. The van der Waals surface area contributed by atoms with Gasteiger partial charge in [-0.05, 0) is 62.4 Å². The molecule has 2 heteroatoms. The van der Waals surface area contributed by atoms with Gasteiger partial charge in [0.1, 0.15) is 0 Å². The Labute approximate surface area is 126 Å². The van der Waals surface area contributed by atoms with Crippen LogP contribution in [0.2, 0.25) is 0 Å². The van der Waals surface area contributed by atoms with Gasteiger partial charge >= 0.3 is 0 Å². The van der Waals surface area contributed by atoms with Gasteiger partial charge in [-0.3, -0.25) is 0 Å². The van der Waals surface area contributed by atoms with Gasteiger partial charge in [0, 0.05) is 19.1 Å². The summed E-state index contributed by atoms with van der Waals surface area (Å²) in [5, 5.41) is 3.76. The summed E-state index contributed by atoms with van der Waals surface area (Å²) in [7, 11) is 2.33. The van der Waals surface area contributed by atoms with Crippen molar-refractivity contribution in [1.82, 2.24) is 10.2 Å². The second kappa shape index (κ2) is 6.79. The van der Waals surface area contributed by atoms with E-state index >= 15 is 0 Å². The predicted molar refractivity (Wildman–Crippen MR) is 88.0 cm³/mol. The second-order valence-electron chi connectivity index (χ2n) is 8.53. The maximum Gasteiger partial charge on any atom is 0.0243 e. The Morgan fingerprint density at radius 3 is 2.45 bits per heavy atom. The number of hydrogen-bond donors (Lipinski definition) is 1. The Kier molecular flexibility index (Phi) is 5.53. The van der Waals surface area contributed by atoms with Crippen LogP contribution in [0.25, 0.3) is 0 Å². The highest BCUT2D eigenvalue weighted by Crippen LogP contribution is 2.48. The Hall–Kier alpha value is -0.0800. The van der Waals surface area contributed by atoms with Crippen molar-refractivity contribution in [1.29, 1.82) is 0 Å². The van der Waals surface area contributed by atoms with E-state index in [1.807, 2.05) is 0 Å². The van der Waals surface area contributed by atoms with Crippen molar-refractivity contribution in [3.63, 3.8) is 0 Å². The summed E-state index contributed by atoms with van der Waals surface area (Å²) in [5.41, 5.74) is 0.345. The van der Waals surface area contributed by atoms with Crippen molar-refractivity contribution in [2.75, 3.05) is 26.7 Å². The summed E-state index contributed by atoms with van der Waals surface area (Å²) in [6, 6.07) is 0.603. The molecule has 118 valence electrons. The Bertz CT molecular complexity index is 294. The number of fused-ring (bicyclic) bond motifs is 2. The zero-order valence-corrected chi connectivity index (χ0v) is 14.4. The maximum atomic E-state index is 3.76. The van der Waals surface area contributed by atoms with Gasteiger partial charge in [-0.15, -0.1) is 0 Å². The van der Waals surface area contributed by atoms with E-state index < -0.39 is 0 Å². The molecule has 1 N–H and O–H groups in total. The monoisotopic (exact) mass is 280 g/mol. The van der Waals surface area contributed by atoms with Crippen LogP contribution in [0, 0.1) is 23.2 Å². The van der Waals surface area contributed by atoms with Crippen LogP contribution in [-0.4, -0.2) is 37.6 Å². The molecule has 4 atom stereocenters. The topological polar surface area (TPSA) is 15.3 Å². The largest absolute Gasteiger partial charge is 0.312 e. The first kappa shape index (κ1) is 16.3. The highest BCUT2D eigenvalue weighted by atomic mass is 15.1. The minimum atomic E-state index is 0.345. The van der Waals surface area contributed by atoms with E-state index in [2.05, 4.69) is 45.0 Å². The predicted octanol–water partition coefficient (Wildman–Crippen LogP) is 3.77. The minimum absolute atomic E-state index is 0.345. The number of nitrogens with one attached hydrogen (secondary N) is 1. The molecule has 0 radical (unpaired) electrons. The van der Waals surface area contributed by atoms with E-state index in [0.29, 0.717) is 11.5 Å². The van der Waals surface area contributed by atoms with Crippen LogP contribution >= 0.6 is 0 Å². The molecule has 0 aliphatic heterocycles. The average Bonchev–Trinajstić information content (AvgIpc) is 2.95. The van der Waals surface area contributed by atoms with E-state index in [4.69, 9.17) is 0 Å². The molecule has 0 aromatic carbocycles. The molecule has 0 aromatic heterocycles. The first-order chi connectivity index (χ1) is 9.40. The summed E-state index contributed by atoms with van der Waals surface area (Å²) >= 11 is 0. The molecule has 2 rings (SSSR count). The normalized spacial score (nSPS) is 31.2. The fourth-order valence-corrected chi connectivity index (χ4v) is 4.35. The van der Waals surface area contributed by atoms with Gasteiger partial charge in [0.05, 0.1) is 0 Å². The lowest BCUT2D eigenvalue weighted by molar-refractivity contribution is 0.161. The standard InChI is InChI=1S/C18H36N2/c1-6-9-19-17(18(2,3)4)13-20(5)12-16-11-14-7-8-15(16)10-14/h14-17,19H,6-13H2,1-5H3. The fraction of sp³-hybridized carbons (Fsp3) is 1.00. The molecule has 0 spiro atoms. The van der Waals surface area contributed by atoms with Crippen LogP contribution in [0.4, 0.5) is 0 Å². The molecule has 2 saturated carbocycles. The summed E-state index contributed by atoms with van der Waals surface area (Å²) in [6.07, 6.45) is 7.31. The van der Waals surface area contributed by atoms with Crippen LogP contribution in [-0.2, 0) is 0 Å². The summed E-state index contributed by atoms with van der Waals surface area (Å²) in [4.78, 5) is 2.60. The lowest BCUT2D eigenvalue weighted by Gasteiger charge is -2.36. The second-order valence-corrected chi connectivity index (χ2v) is 8.53. The van der Waals surface area contributed by atoms with E-state index in [0.717, 1.165) is 24.3 Å². The molecule has 20 heavy (non-hydrogen) atoms. The van der Waals surface area contributed by atoms with Gasteiger partial charge in [-0.2, -0.15) is 0 Å². The number of hydrogen-bond acceptors (Lipinski definition) is 2. The third-order valence-electron chi connectivity index (χ3n) is 5.61. The molecule has 4 unspecified atom stereocenters. The molecule has 0 aromatic rings. The van der Waals surface area contributed by atoms with Gasteiger partial charge in [0.15, 0.2) is 0 Å². The van der Waals surface area contributed by atoms with Gasteiger partial charge in [-0.25, -0.2) is 0 Å². The van der Waals surface area contributed by atoms with E-state index in [9.17, 15) is 0 Å². The molecule has 2 nitrogen and oxygen atoms in total. The highest BCUT2D eigenvalue weighted by molar-refractivity contribution is 4.92. The first-order valence-corrected chi connectivity index (χ1v) is 8.82. The Morgan fingerprint density at radius 2 is 1.95 bits per heavy atom. The smallest absolute Gasteiger partial charge is 0.0243 e. The summed E-state index contributed by atoms with van der Waals surface area (Å²) in [5.74, 6) is 3.12. The molecular formula is C18H36N2. The lowest BCUT2D eigenvalue weighted by atomic mass is 9.85. The zero-order chi connectivity index (χ0) is 14.8. The van der Waals surface area contributed by atoms with Crippen molar-refractivity contribution in [2.24, 2.45) is 23.2 Å². The van der Waals surface area contributed by atoms with Crippen molar-refractivity contribution < 1.29 is 0 Å². The highest BCUT2D eigenvalue weighted by Gasteiger charge is 2.39. The minimum Gasteiger partial charge on any atom is -0.312 e. The van der Waals surface area contributed by atoms with E-state index in [1.54, 1.807) is 0 Å². The maximum absolute atomic E-state index is 3.76. The van der Waals surface area contributed by atoms with Crippen molar-refractivity contribution in [3.05, 3.63) is 0 Å². The van der Waals surface area contributed by atoms with Crippen molar-refractivity contribution in [3.8, 4) is 0 Å². The van der Waals surface area contributed by atoms with Gasteiger partial charge in [-0.1, -0.05) is 34.1 Å². The SMILES string of the molecule is CCCNC(CN(C)CC1CC2CCC1C2)C(C)(C)C. The molecular weight excluding hydrogens is 244 g/mol. The first-order valence-electron chi connectivity index (χ1n) is 8.82. The van der Waals surface area contributed by atoms with Gasteiger partial charge in [0.2, 0.25) is 0 Å². The number of rotatable bonds is 7. The van der Waals surface area contributed by atoms with Crippen LogP contribution in [0.3, 0.4) is 0 Å². The quantitative estimate of drug-likeness (QED) is 0.763. The summed E-state index contributed by atoms with van der Waals surface area (Å²) < 4.78 is 0. The van der Waals surface area contributed by atoms with Crippen LogP contribution in [0.1, 0.15) is 59.8 Å². The third-order valence-corrected chi connectivity index (χ3v) is 5.61. The zero-order valence-electron chi connectivity index (χ0n) is 14.4. The molecule has 2 aliphatic rings. The Morgan fingerprint density at radius 1 is 1.20 bits per heavy atom. The molecule has 2 aliphatic carbocycles. The van der Waals surface area contributed by atoms with E-state index in [1.165, 1.54) is 45.2 Å². The van der Waals surface area contributed by atoms with Gasteiger partial charge < -0.3 is 10.2 Å². The van der Waals surface area contributed by atoms with Crippen LogP contribution in [0.15, 0.2) is 0 Å². The Balaban J connectivity index is 1.80. The fourth-order valence-electron chi connectivity index (χ4n) is 4.35. The molecule has 0 heterocycles. The van der Waals surface area contributed by atoms with E-state index in [-0.39, 0.29) is 0 Å². The molecule has 0 amide bonds. The van der Waals surface area contributed by atoms with Crippen molar-refractivity contribution >= 4 is 0 Å². The van der Waals surface area contributed by atoms with Crippen molar-refractivity contribution in [2.45, 2.75) is 65.8 Å². The van der Waals surface area contributed by atoms with Gasteiger partial charge in [0.25, 0.3) is 0 Å². The molecule has 0 saturated heterocycles. The lowest BCUT2D eigenvalue weighted by Crippen LogP contribution is -2.49. The van der Waals surface area contributed by atoms with Crippen LogP contribution < -0.4 is 5.32 Å². The average molecular weight is 280 g/mol. The van der Waals surface area contributed by atoms with Crippen LogP contribution in [0.5, 0.6) is 0 Å².